The van der Waals surface area contributed by atoms with E-state index in [4.69, 9.17) is 18.9 Å². The van der Waals surface area contributed by atoms with Gasteiger partial charge < -0.3 is 18.9 Å². The standard InChI is InChI=1S/C27H33N7O6S/c1-17-12-20(16-28-13-17)26-31-32-27(34(26)23-21(38-5)8-7-9-22(23)39-6)33-41(35,36)19(3)24(40-11-10-37-4)25-29-14-18(2)15-30-25/h7-9,12-16,19,24H,10-11H2,1-6H3,(H,32,33)/t19-,24+/m0/s1. The van der Waals surface area contributed by atoms with Crippen LogP contribution >= 0.6 is 0 Å². The van der Waals surface area contributed by atoms with Crippen LogP contribution in [0.1, 0.15) is 30.0 Å². The van der Waals surface area contributed by atoms with E-state index in [9.17, 15) is 8.42 Å². The highest BCUT2D eigenvalue weighted by molar-refractivity contribution is 7.93. The fourth-order valence-electron chi connectivity index (χ4n) is 4.09. The third-order valence-corrected chi connectivity index (χ3v) is 7.90. The summed E-state index contributed by atoms with van der Waals surface area (Å²) < 4.78 is 54.1. The molecule has 0 aliphatic heterocycles. The van der Waals surface area contributed by atoms with Crippen molar-refractivity contribution in [2.24, 2.45) is 0 Å². The van der Waals surface area contributed by atoms with Crippen LogP contribution in [0.2, 0.25) is 0 Å². The highest BCUT2D eigenvalue weighted by Gasteiger charge is 2.35. The average Bonchev–Trinajstić information content (AvgIpc) is 3.37. The first-order chi connectivity index (χ1) is 19.7. The molecule has 1 N–H and O–H groups in total. The Labute approximate surface area is 239 Å². The number of aromatic nitrogens is 6. The summed E-state index contributed by atoms with van der Waals surface area (Å²) in [4.78, 5) is 12.9. The van der Waals surface area contributed by atoms with Crippen molar-refractivity contribution in [3.05, 3.63) is 66.0 Å². The number of nitrogens with one attached hydrogen (secondary N) is 1. The number of hydrogen-bond acceptors (Lipinski definition) is 11. The van der Waals surface area contributed by atoms with Gasteiger partial charge in [-0.05, 0) is 50.1 Å². The summed E-state index contributed by atoms with van der Waals surface area (Å²) in [6.45, 7) is 5.64. The molecule has 0 aliphatic rings. The zero-order chi connectivity index (χ0) is 29.6. The first kappa shape index (κ1) is 29.8. The lowest BCUT2D eigenvalue weighted by Gasteiger charge is -2.24. The number of sulfonamides is 1. The minimum absolute atomic E-state index is 0.0865. The van der Waals surface area contributed by atoms with Gasteiger partial charge in [0.2, 0.25) is 16.0 Å². The van der Waals surface area contributed by atoms with Gasteiger partial charge in [-0.15, -0.1) is 10.2 Å². The lowest BCUT2D eigenvalue weighted by atomic mass is 10.2. The first-order valence-corrected chi connectivity index (χ1v) is 14.2. The Kier molecular flexibility index (Phi) is 9.47. The molecular weight excluding hydrogens is 550 g/mol. The summed E-state index contributed by atoms with van der Waals surface area (Å²) in [7, 11) is 0.371. The van der Waals surface area contributed by atoms with E-state index in [0.29, 0.717) is 28.6 Å². The number of para-hydroxylation sites is 1. The van der Waals surface area contributed by atoms with Crippen molar-refractivity contribution in [2.45, 2.75) is 32.1 Å². The minimum atomic E-state index is -4.17. The largest absolute Gasteiger partial charge is 0.494 e. The van der Waals surface area contributed by atoms with E-state index in [-0.39, 0.29) is 25.0 Å². The molecule has 0 unspecified atom stereocenters. The van der Waals surface area contributed by atoms with Crippen molar-refractivity contribution in [1.29, 1.82) is 0 Å². The summed E-state index contributed by atoms with van der Waals surface area (Å²) in [5, 5.41) is 7.42. The highest BCUT2D eigenvalue weighted by atomic mass is 32.2. The Balaban J connectivity index is 1.82. The monoisotopic (exact) mass is 583 g/mol. The van der Waals surface area contributed by atoms with Crippen LogP contribution in [0.15, 0.2) is 49.1 Å². The Bertz CT molecular complexity index is 1560. The summed E-state index contributed by atoms with van der Waals surface area (Å²) in [6.07, 6.45) is 5.53. The number of hydrogen-bond donors (Lipinski definition) is 1. The van der Waals surface area contributed by atoms with E-state index in [0.717, 1.165) is 11.1 Å². The summed E-state index contributed by atoms with van der Waals surface area (Å²) in [6, 6.07) is 7.08. The molecule has 0 spiro atoms. The Hall–Kier alpha value is -4.14. The molecule has 4 rings (SSSR count). The van der Waals surface area contributed by atoms with E-state index in [1.165, 1.54) is 32.8 Å². The molecule has 0 saturated heterocycles. The van der Waals surface area contributed by atoms with Crippen LogP contribution in [-0.2, 0) is 19.5 Å². The third-order valence-electron chi connectivity index (χ3n) is 6.21. The predicted octanol–water partition coefficient (Wildman–Crippen LogP) is 3.29. The van der Waals surface area contributed by atoms with E-state index in [1.807, 2.05) is 19.9 Å². The predicted molar refractivity (Wildman–Crippen MR) is 152 cm³/mol. The molecule has 1 aromatic carbocycles. The van der Waals surface area contributed by atoms with Gasteiger partial charge >= 0.3 is 0 Å². The topological polar surface area (TPSA) is 152 Å². The highest BCUT2D eigenvalue weighted by Crippen LogP contribution is 2.38. The number of aryl methyl sites for hydroxylation is 2. The van der Waals surface area contributed by atoms with Gasteiger partial charge in [-0.1, -0.05) is 6.07 Å². The molecule has 0 radical (unpaired) electrons. The minimum Gasteiger partial charge on any atom is -0.494 e. The molecule has 0 bridgehead atoms. The van der Waals surface area contributed by atoms with E-state index in [2.05, 4.69) is 29.9 Å². The number of nitrogens with zero attached hydrogens (tertiary/aromatic N) is 6. The smallest absolute Gasteiger partial charge is 0.243 e. The van der Waals surface area contributed by atoms with Gasteiger partial charge in [0.05, 0.1) is 27.4 Å². The molecule has 218 valence electrons. The molecule has 0 amide bonds. The number of pyridine rings is 1. The molecule has 41 heavy (non-hydrogen) atoms. The normalized spacial score (nSPS) is 13.0. The number of ether oxygens (including phenoxy) is 4. The van der Waals surface area contributed by atoms with Crippen LogP contribution in [0, 0.1) is 13.8 Å². The van der Waals surface area contributed by atoms with Crippen LogP contribution in [-0.4, -0.2) is 77.9 Å². The van der Waals surface area contributed by atoms with Gasteiger partial charge in [0, 0.05) is 37.5 Å². The van der Waals surface area contributed by atoms with Gasteiger partial charge in [0.25, 0.3) is 0 Å². The molecule has 0 aliphatic carbocycles. The average molecular weight is 584 g/mol. The second-order valence-electron chi connectivity index (χ2n) is 9.20. The fraction of sp³-hybridized carbons (Fsp3) is 0.370. The number of benzene rings is 1. The number of methoxy groups -OCH3 is 3. The van der Waals surface area contributed by atoms with Gasteiger partial charge in [0.1, 0.15) is 28.5 Å². The number of rotatable bonds is 13. The molecule has 3 aromatic heterocycles. The fourth-order valence-corrected chi connectivity index (χ4v) is 5.19. The van der Waals surface area contributed by atoms with Crippen LogP contribution in [0.25, 0.3) is 17.1 Å². The van der Waals surface area contributed by atoms with Gasteiger partial charge in [-0.3, -0.25) is 14.3 Å². The van der Waals surface area contributed by atoms with E-state index < -0.39 is 21.4 Å². The molecule has 0 fully saturated rings. The molecular formula is C27H33N7O6S. The molecule has 2 atom stereocenters. The van der Waals surface area contributed by atoms with E-state index in [1.54, 1.807) is 43.0 Å². The van der Waals surface area contributed by atoms with Gasteiger partial charge in [0.15, 0.2) is 11.6 Å². The summed E-state index contributed by atoms with van der Waals surface area (Å²) >= 11 is 0. The van der Waals surface area contributed by atoms with Gasteiger partial charge in [-0.2, -0.15) is 0 Å². The quantitative estimate of drug-likeness (QED) is 0.231. The van der Waals surface area contributed by atoms with Crippen molar-refractivity contribution in [1.82, 2.24) is 29.7 Å². The van der Waals surface area contributed by atoms with Crippen molar-refractivity contribution in [3.63, 3.8) is 0 Å². The summed E-state index contributed by atoms with van der Waals surface area (Å²) in [5.41, 5.74) is 2.72. The van der Waals surface area contributed by atoms with E-state index >= 15 is 0 Å². The molecule has 4 aromatic rings. The first-order valence-electron chi connectivity index (χ1n) is 12.7. The SMILES string of the molecule is COCCO[C@@H](c1ncc(C)cn1)[C@H](C)S(=O)(=O)Nc1nnc(-c2cncc(C)c2)n1-c1c(OC)cccc1OC. The van der Waals surface area contributed by atoms with Crippen molar-refractivity contribution < 1.29 is 27.4 Å². The lowest BCUT2D eigenvalue weighted by Crippen LogP contribution is -2.34. The summed E-state index contributed by atoms with van der Waals surface area (Å²) in [5.74, 6) is 1.28. The van der Waals surface area contributed by atoms with Crippen molar-refractivity contribution in [3.8, 4) is 28.6 Å². The van der Waals surface area contributed by atoms with Gasteiger partial charge in [-0.25, -0.2) is 18.4 Å². The molecule has 0 saturated carbocycles. The Morgan fingerprint density at radius 2 is 1.61 bits per heavy atom. The van der Waals surface area contributed by atoms with Crippen LogP contribution in [0.4, 0.5) is 5.95 Å². The second-order valence-corrected chi connectivity index (χ2v) is 11.2. The lowest BCUT2D eigenvalue weighted by molar-refractivity contribution is 0.0119. The van der Waals surface area contributed by atoms with Crippen molar-refractivity contribution in [2.75, 3.05) is 39.3 Å². The van der Waals surface area contributed by atoms with Crippen LogP contribution in [0.3, 0.4) is 0 Å². The van der Waals surface area contributed by atoms with Crippen LogP contribution in [0.5, 0.6) is 11.5 Å². The second kappa shape index (κ2) is 13.0. The molecule has 13 nitrogen and oxygen atoms in total. The zero-order valence-corrected chi connectivity index (χ0v) is 24.5. The number of anilines is 1. The maximum Gasteiger partial charge on any atom is 0.243 e. The maximum atomic E-state index is 13.9. The Morgan fingerprint density at radius 1 is 0.927 bits per heavy atom. The van der Waals surface area contributed by atoms with Crippen LogP contribution < -0.4 is 14.2 Å². The van der Waals surface area contributed by atoms with Crippen molar-refractivity contribution >= 4 is 16.0 Å². The third kappa shape index (κ3) is 6.61. The molecule has 14 heteroatoms. The zero-order valence-electron chi connectivity index (χ0n) is 23.7. The Morgan fingerprint density at radius 3 is 2.22 bits per heavy atom. The maximum absolute atomic E-state index is 13.9. The molecule has 3 heterocycles.